The van der Waals surface area contributed by atoms with Crippen LogP contribution in [-0.2, 0) is 9.84 Å². The first kappa shape index (κ1) is 18.2. The highest BCUT2D eigenvalue weighted by Crippen LogP contribution is 2.35. The van der Waals surface area contributed by atoms with Crippen LogP contribution in [0.5, 0.6) is 0 Å². The lowest BCUT2D eigenvalue weighted by Crippen LogP contribution is -1.95. The van der Waals surface area contributed by atoms with Gasteiger partial charge < -0.3 is 0 Å². The van der Waals surface area contributed by atoms with Crippen molar-refractivity contribution in [2.24, 2.45) is 5.10 Å². The SMILES string of the molecule is CS(=O)(=O)c1ccc(-c2cc3ncnc(N/N=C/c4cccnc4)c3s2)cc1. The van der Waals surface area contributed by atoms with E-state index in [1.54, 1.807) is 42.9 Å². The molecule has 0 bridgehead atoms. The van der Waals surface area contributed by atoms with Crippen molar-refractivity contribution in [2.45, 2.75) is 4.90 Å². The Kier molecular flexibility index (Phi) is 4.84. The van der Waals surface area contributed by atoms with E-state index in [0.717, 1.165) is 26.2 Å². The monoisotopic (exact) mass is 409 g/mol. The van der Waals surface area contributed by atoms with Gasteiger partial charge in [0.2, 0.25) is 0 Å². The summed E-state index contributed by atoms with van der Waals surface area (Å²) in [5.41, 5.74) is 5.53. The summed E-state index contributed by atoms with van der Waals surface area (Å²) in [6, 6.07) is 12.5. The molecule has 9 heteroatoms. The van der Waals surface area contributed by atoms with Crippen LogP contribution in [0, 0.1) is 0 Å². The molecule has 140 valence electrons. The highest BCUT2D eigenvalue weighted by Gasteiger charge is 2.11. The van der Waals surface area contributed by atoms with Crippen molar-refractivity contribution < 1.29 is 8.42 Å². The van der Waals surface area contributed by atoms with Crippen molar-refractivity contribution in [3.63, 3.8) is 0 Å². The molecule has 0 spiro atoms. The summed E-state index contributed by atoms with van der Waals surface area (Å²) >= 11 is 1.51. The first-order chi connectivity index (χ1) is 13.5. The molecule has 0 unspecified atom stereocenters. The van der Waals surface area contributed by atoms with Crippen molar-refractivity contribution in [3.05, 3.63) is 66.7 Å². The molecule has 3 heterocycles. The standard InChI is InChI=1S/C19H15N5O2S2/c1-28(25,26)15-6-4-14(5-7-15)17-9-16-18(27-17)19(22-12-21-16)24-23-11-13-3-2-8-20-10-13/h2-12H,1H3,(H,21,22,24)/b23-11+. The summed E-state index contributed by atoms with van der Waals surface area (Å²) in [6.45, 7) is 0. The van der Waals surface area contributed by atoms with E-state index in [0.29, 0.717) is 10.7 Å². The molecule has 0 aliphatic rings. The smallest absolute Gasteiger partial charge is 0.175 e. The van der Waals surface area contributed by atoms with Crippen molar-refractivity contribution in [3.8, 4) is 10.4 Å². The van der Waals surface area contributed by atoms with E-state index in [4.69, 9.17) is 0 Å². The van der Waals surface area contributed by atoms with Crippen LogP contribution < -0.4 is 5.43 Å². The Morgan fingerprint density at radius 1 is 1.14 bits per heavy atom. The molecule has 4 rings (SSSR count). The lowest BCUT2D eigenvalue weighted by Gasteiger charge is -2.00. The summed E-state index contributed by atoms with van der Waals surface area (Å²) in [7, 11) is -3.22. The zero-order valence-electron chi connectivity index (χ0n) is 14.8. The Morgan fingerprint density at radius 2 is 1.96 bits per heavy atom. The summed E-state index contributed by atoms with van der Waals surface area (Å²) in [5.74, 6) is 0.606. The molecule has 0 saturated heterocycles. The van der Waals surface area contributed by atoms with Crippen LogP contribution in [0.3, 0.4) is 0 Å². The van der Waals surface area contributed by atoms with Gasteiger partial charge in [-0.2, -0.15) is 5.10 Å². The average molecular weight is 409 g/mol. The lowest BCUT2D eigenvalue weighted by atomic mass is 10.2. The van der Waals surface area contributed by atoms with Crippen molar-refractivity contribution in [1.29, 1.82) is 0 Å². The predicted octanol–water partition coefficient (Wildman–Crippen LogP) is 3.60. The second-order valence-corrected chi connectivity index (χ2v) is 9.07. The second-order valence-electron chi connectivity index (χ2n) is 6.00. The molecular weight excluding hydrogens is 394 g/mol. The quantitative estimate of drug-likeness (QED) is 0.399. The van der Waals surface area contributed by atoms with Gasteiger partial charge in [0.1, 0.15) is 6.33 Å². The number of aromatic nitrogens is 3. The minimum atomic E-state index is -3.22. The molecule has 3 aromatic heterocycles. The number of hydrazone groups is 1. The third-order valence-electron chi connectivity index (χ3n) is 3.95. The fraction of sp³-hybridized carbons (Fsp3) is 0.0526. The zero-order valence-corrected chi connectivity index (χ0v) is 16.4. The van der Waals surface area contributed by atoms with Gasteiger partial charge >= 0.3 is 0 Å². The third kappa shape index (κ3) is 3.90. The zero-order chi connectivity index (χ0) is 19.6. The van der Waals surface area contributed by atoms with Gasteiger partial charge in [-0.15, -0.1) is 11.3 Å². The molecule has 28 heavy (non-hydrogen) atoms. The summed E-state index contributed by atoms with van der Waals surface area (Å²) in [4.78, 5) is 13.9. The summed E-state index contributed by atoms with van der Waals surface area (Å²) in [6.07, 6.45) is 7.76. The second kappa shape index (κ2) is 7.45. The van der Waals surface area contributed by atoms with Crippen LogP contribution in [0.15, 0.2) is 71.2 Å². The van der Waals surface area contributed by atoms with Crippen LogP contribution in [-0.4, -0.2) is 35.8 Å². The van der Waals surface area contributed by atoms with Crippen LogP contribution in [0.25, 0.3) is 20.7 Å². The van der Waals surface area contributed by atoms with Gasteiger partial charge in [-0.1, -0.05) is 18.2 Å². The first-order valence-corrected chi connectivity index (χ1v) is 11.0. The first-order valence-electron chi connectivity index (χ1n) is 8.25. The highest BCUT2D eigenvalue weighted by molar-refractivity contribution is 7.90. The topological polar surface area (TPSA) is 97.2 Å². The maximum atomic E-state index is 11.6. The van der Waals surface area contributed by atoms with E-state index in [9.17, 15) is 8.42 Å². The van der Waals surface area contributed by atoms with Gasteiger partial charge in [-0.3, -0.25) is 10.4 Å². The Labute approximate surface area is 165 Å². The molecule has 0 atom stereocenters. The van der Waals surface area contributed by atoms with E-state index in [1.807, 2.05) is 18.2 Å². The van der Waals surface area contributed by atoms with Crippen LogP contribution in [0.2, 0.25) is 0 Å². The minimum Gasteiger partial charge on any atom is -0.264 e. The lowest BCUT2D eigenvalue weighted by molar-refractivity contribution is 0.602. The number of pyridine rings is 1. The molecule has 0 saturated carbocycles. The number of thiophene rings is 1. The van der Waals surface area contributed by atoms with Gasteiger partial charge in [0.05, 0.1) is 21.3 Å². The Morgan fingerprint density at radius 3 is 2.68 bits per heavy atom. The van der Waals surface area contributed by atoms with Gasteiger partial charge in [-0.05, 0) is 29.8 Å². The Bertz CT molecular complexity index is 1250. The fourth-order valence-electron chi connectivity index (χ4n) is 2.56. The summed E-state index contributed by atoms with van der Waals surface area (Å²) in [5, 5.41) is 4.22. The van der Waals surface area contributed by atoms with E-state index >= 15 is 0 Å². The number of sulfone groups is 1. The Balaban J connectivity index is 1.63. The van der Waals surface area contributed by atoms with Gasteiger partial charge in [0.25, 0.3) is 0 Å². The maximum absolute atomic E-state index is 11.6. The van der Waals surface area contributed by atoms with E-state index in [1.165, 1.54) is 23.9 Å². The molecule has 0 fully saturated rings. The molecule has 7 nitrogen and oxygen atoms in total. The van der Waals surface area contributed by atoms with Crippen molar-refractivity contribution in [2.75, 3.05) is 11.7 Å². The number of nitrogens with zero attached hydrogens (tertiary/aromatic N) is 4. The van der Waals surface area contributed by atoms with Gasteiger partial charge in [0, 0.05) is 29.1 Å². The largest absolute Gasteiger partial charge is 0.264 e. The van der Waals surface area contributed by atoms with E-state index in [-0.39, 0.29) is 0 Å². The molecule has 0 amide bonds. The molecular formula is C19H15N5O2S2. The van der Waals surface area contributed by atoms with Crippen LogP contribution in [0.1, 0.15) is 5.56 Å². The van der Waals surface area contributed by atoms with Crippen molar-refractivity contribution >= 4 is 43.4 Å². The Hall–Kier alpha value is -3.17. The minimum absolute atomic E-state index is 0.296. The highest BCUT2D eigenvalue weighted by atomic mass is 32.2. The van der Waals surface area contributed by atoms with Crippen LogP contribution in [0.4, 0.5) is 5.82 Å². The number of hydrogen-bond donors (Lipinski definition) is 1. The van der Waals surface area contributed by atoms with E-state index in [2.05, 4.69) is 25.5 Å². The fourth-order valence-corrected chi connectivity index (χ4v) is 4.25. The van der Waals surface area contributed by atoms with Gasteiger partial charge in [0.15, 0.2) is 15.7 Å². The number of rotatable bonds is 5. The number of benzene rings is 1. The molecule has 1 aromatic carbocycles. The number of anilines is 1. The summed E-state index contributed by atoms with van der Waals surface area (Å²) < 4.78 is 24.1. The number of nitrogens with one attached hydrogen (secondary N) is 1. The molecule has 0 aliphatic carbocycles. The predicted molar refractivity (Wildman–Crippen MR) is 111 cm³/mol. The number of fused-ring (bicyclic) bond motifs is 1. The maximum Gasteiger partial charge on any atom is 0.175 e. The van der Waals surface area contributed by atoms with Gasteiger partial charge in [-0.25, -0.2) is 18.4 Å². The third-order valence-corrected chi connectivity index (χ3v) is 6.26. The van der Waals surface area contributed by atoms with Crippen LogP contribution >= 0.6 is 11.3 Å². The molecule has 1 N–H and O–H groups in total. The molecule has 0 aliphatic heterocycles. The van der Waals surface area contributed by atoms with Crippen molar-refractivity contribution in [1.82, 2.24) is 15.0 Å². The molecule has 4 aromatic rings. The average Bonchev–Trinajstić information content (AvgIpc) is 3.13. The van der Waals surface area contributed by atoms with E-state index < -0.39 is 9.84 Å². The normalized spacial score (nSPS) is 11.9. The molecule has 0 radical (unpaired) electrons. The number of hydrogen-bond acceptors (Lipinski definition) is 8.